The highest BCUT2D eigenvalue weighted by atomic mass is 32.2. The van der Waals surface area contributed by atoms with Crippen LogP contribution in [0.1, 0.15) is 38.0 Å². The van der Waals surface area contributed by atoms with Gasteiger partial charge in [-0.2, -0.15) is 0 Å². The molecule has 31 heavy (non-hydrogen) atoms. The fraction of sp³-hybridized carbons (Fsp3) is 0.231. The van der Waals surface area contributed by atoms with Crippen molar-refractivity contribution in [3.63, 3.8) is 0 Å². The first-order chi connectivity index (χ1) is 15.0. The largest absolute Gasteiger partial charge is 0.326 e. The summed E-state index contributed by atoms with van der Waals surface area (Å²) in [7, 11) is 0. The van der Waals surface area contributed by atoms with Crippen LogP contribution in [0.4, 0.5) is 5.69 Å². The van der Waals surface area contributed by atoms with Gasteiger partial charge in [0.05, 0.1) is 5.75 Å². The van der Waals surface area contributed by atoms with E-state index in [-0.39, 0.29) is 17.2 Å². The lowest BCUT2D eigenvalue weighted by Gasteiger charge is -2.24. The first-order valence-electron chi connectivity index (χ1n) is 10.4. The van der Waals surface area contributed by atoms with Crippen LogP contribution in [-0.2, 0) is 11.2 Å². The molecule has 158 valence electrons. The molecule has 1 heterocycles. The number of anilines is 1. The molecule has 1 N–H and O–H groups in total. The number of rotatable bonds is 6. The molecule has 3 aromatic carbocycles. The van der Waals surface area contributed by atoms with Crippen molar-refractivity contribution in [2.45, 2.75) is 25.6 Å². The Morgan fingerprint density at radius 1 is 1.03 bits per heavy atom. The summed E-state index contributed by atoms with van der Waals surface area (Å²) in [5, 5.41) is 2.98. The van der Waals surface area contributed by atoms with Crippen LogP contribution in [0.25, 0.3) is 0 Å². The molecular weight excluding hydrogens is 404 g/mol. The third-order valence-corrected chi connectivity index (χ3v) is 6.80. The van der Waals surface area contributed by atoms with E-state index in [1.54, 1.807) is 11.8 Å². The molecule has 1 saturated heterocycles. The van der Waals surface area contributed by atoms with Crippen LogP contribution in [-0.4, -0.2) is 29.0 Å². The molecular formula is C26H26N2O2S. The van der Waals surface area contributed by atoms with Gasteiger partial charge < -0.3 is 10.2 Å². The minimum atomic E-state index is -0.130. The zero-order valence-corrected chi connectivity index (χ0v) is 18.6. The lowest BCUT2D eigenvalue weighted by atomic mass is 10.1. The number of nitrogens with zero attached hydrogens (tertiary/aromatic N) is 1. The standard InChI is InChI=1S/C26H26N2O2S/c1-18-8-13-23(19(2)16-18)27-25(30)21-9-11-22(12-10-21)26-28(24(29)17-31-26)15-14-20-6-4-3-5-7-20/h3-13,16,26H,14-15,17H2,1-2H3,(H,27,30). The first kappa shape index (κ1) is 21.2. The van der Waals surface area contributed by atoms with E-state index in [9.17, 15) is 9.59 Å². The summed E-state index contributed by atoms with van der Waals surface area (Å²) >= 11 is 1.64. The van der Waals surface area contributed by atoms with E-state index in [0.29, 0.717) is 17.9 Å². The van der Waals surface area contributed by atoms with E-state index in [4.69, 9.17) is 0 Å². The van der Waals surface area contributed by atoms with Crippen LogP contribution in [0.3, 0.4) is 0 Å². The van der Waals surface area contributed by atoms with Crippen LogP contribution in [0.5, 0.6) is 0 Å². The molecule has 1 atom stereocenters. The zero-order valence-electron chi connectivity index (χ0n) is 17.8. The summed E-state index contributed by atoms with van der Waals surface area (Å²) in [5.74, 6) is 0.533. The number of hydrogen-bond donors (Lipinski definition) is 1. The van der Waals surface area contributed by atoms with Crippen molar-refractivity contribution < 1.29 is 9.59 Å². The lowest BCUT2D eigenvalue weighted by Crippen LogP contribution is -2.30. The van der Waals surface area contributed by atoms with Gasteiger partial charge in [0.2, 0.25) is 5.91 Å². The molecule has 0 aliphatic carbocycles. The number of benzene rings is 3. The molecule has 0 aromatic heterocycles. The molecule has 1 unspecified atom stereocenters. The van der Waals surface area contributed by atoms with Gasteiger partial charge in [0.15, 0.2) is 0 Å². The molecule has 0 radical (unpaired) electrons. The van der Waals surface area contributed by atoms with Crippen LogP contribution >= 0.6 is 11.8 Å². The molecule has 4 nitrogen and oxygen atoms in total. The fourth-order valence-electron chi connectivity index (χ4n) is 3.81. The molecule has 0 spiro atoms. The Kier molecular flexibility index (Phi) is 6.42. The van der Waals surface area contributed by atoms with Gasteiger partial charge in [-0.3, -0.25) is 9.59 Å². The predicted octanol–water partition coefficient (Wildman–Crippen LogP) is 5.37. The third-order valence-electron chi connectivity index (χ3n) is 5.54. The fourth-order valence-corrected chi connectivity index (χ4v) is 5.03. The average molecular weight is 431 g/mol. The second-order valence-electron chi connectivity index (χ2n) is 7.88. The van der Waals surface area contributed by atoms with Crippen LogP contribution < -0.4 is 5.32 Å². The van der Waals surface area contributed by atoms with Crippen molar-refractivity contribution in [3.8, 4) is 0 Å². The van der Waals surface area contributed by atoms with E-state index in [1.165, 1.54) is 11.1 Å². The summed E-state index contributed by atoms with van der Waals surface area (Å²) in [6, 6.07) is 23.8. The van der Waals surface area contributed by atoms with Gasteiger partial charge >= 0.3 is 0 Å². The van der Waals surface area contributed by atoms with E-state index < -0.39 is 0 Å². The van der Waals surface area contributed by atoms with Crippen molar-refractivity contribution in [1.29, 1.82) is 0 Å². The molecule has 2 amide bonds. The quantitative estimate of drug-likeness (QED) is 0.572. The number of carbonyl (C=O) groups is 2. The molecule has 1 aliphatic rings. The number of nitrogens with one attached hydrogen (secondary N) is 1. The van der Waals surface area contributed by atoms with Crippen molar-refractivity contribution in [3.05, 3.63) is 101 Å². The maximum Gasteiger partial charge on any atom is 0.255 e. The van der Waals surface area contributed by atoms with Gasteiger partial charge in [-0.25, -0.2) is 0 Å². The molecule has 0 bridgehead atoms. The average Bonchev–Trinajstić information content (AvgIpc) is 3.15. The number of amides is 2. The second kappa shape index (κ2) is 9.40. The van der Waals surface area contributed by atoms with Crippen molar-refractivity contribution >= 4 is 29.3 Å². The van der Waals surface area contributed by atoms with Gasteiger partial charge in [0.25, 0.3) is 5.91 Å². The van der Waals surface area contributed by atoms with Crippen molar-refractivity contribution in [2.24, 2.45) is 0 Å². The summed E-state index contributed by atoms with van der Waals surface area (Å²) in [5.41, 5.74) is 5.91. The lowest BCUT2D eigenvalue weighted by molar-refractivity contribution is -0.128. The highest BCUT2D eigenvalue weighted by Gasteiger charge is 2.32. The van der Waals surface area contributed by atoms with Gasteiger partial charge in [-0.1, -0.05) is 60.2 Å². The molecule has 4 rings (SSSR count). The van der Waals surface area contributed by atoms with Crippen LogP contribution in [0.15, 0.2) is 72.8 Å². The Hall–Kier alpha value is -3.05. The van der Waals surface area contributed by atoms with E-state index >= 15 is 0 Å². The van der Waals surface area contributed by atoms with Gasteiger partial charge in [0.1, 0.15) is 5.37 Å². The topological polar surface area (TPSA) is 49.4 Å². The monoisotopic (exact) mass is 430 g/mol. The summed E-state index contributed by atoms with van der Waals surface area (Å²) < 4.78 is 0. The van der Waals surface area contributed by atoms with E-state index in [1.807, 2.05) is 73.3 Å². The minimum Gasteiger partial charge on any atom is -0.326 e. The number of thioether (sulfide) groups is 1. The van der Waals surface area contributed by atoms with Crippen LogP contribution in [0.2, 0.25) is 0 Å². The summed E-state index contributed by atoms with van der Waals surface area (Å²) in [6.45, 7) is 4.71. The number of hydrogen-bond acceptors (Lipinski definition) is 3. The maximum absolute atomic E-state index is 12.7. The molecule has 5 heteroatoms. The Morgan fingerprint density at radius 2 is 1.77 bits per heavy atom. The molecule has 1 fully saturated rings. The maximum atomic E-state index is 12.7. The Morgan fingerprint density at radius 3 is 2.48 bits per heavy atom. The number of carbonyl (C=O) groups excluding carboxylic acids is 2. The summed E-state index contributed by atoms with van der Waals surface area (Å²) in [4.78, 5) is 27.1. The second-order valence-corrected chi connectivity index (χ2v) is 8.95. The highest BCUT2D eigenvalue weighted by Crippen LogP contribution is 2.38. The number of aryl methyl sites for hydroxylation is 2. The van der Waals surface area contributed by atoms with Crippen molar-refractivity contribution in [2.75, 3.05) is 17.6 Å². The van der Waals surface area contributed by atoms with Crippen LogP contribution in [0, 0.1) is 13.8 Å². The normalized spacial score (nSPS) is 15.9. The van der Waals surface area contributed by atoms with Gasteiger partial charge in [0, 0.05) is 17.8 Å². The zero-order chi connectivity index (χ0) is 21.8. The van der Waals surface area contributed by atoms with Gasteiger partial charge in [-0.05, 0) is 55.2 Å². The smallest absolute Gasteiger partial charge is 0.255 e. The summed E-state index contributed by atoms with van der Waals surface area (Å²) in [6.07, 6.45) is 0.833. The van der Waals surface area contributed by atoms with E-state index in [0.717, 1.165) is 23.2 Å². The van der Waals surface area contributed by atoms with Gasteiger partial charge in [-0.15, -0.1) is 11.8 Å². The minimum absolute atomic E-state index is 0.00679. The SMILES string of the molecule is Cc1ccc(NC(=O)c2ccc(C3SCC(=O)N3CCc3ccccc3)cc2)c(C)c1. The predicted molar refractivity (Wildman–Crippen MR) is 127 cm³/mol. The Bertz CT molecular complexity index is 1080. The molecule has 1 aliphatic heterocycles. The van der Waals surface area contributed by atoms with Crippen molar-refractivity contribution in [1.82, 2.24) is 4.90 Å². The Balaban J connectivity index is 1.43. The first-order valence-corrected chi connectivity index (χ1v) is 11.5. The highest BCUT2D eigenvalue weighted by molar-refractivity contribution is 8.00. The molecule has 3 aromatic rings. The Labute approximate surface area is 187 Å². The third kappa shape index (κ3) is 5.00. The van der Waals surface area contributed by atoms with E-state index in [2.05, 4.69) is 23.5 Å². The molecule has 0 saturated carbocycles.